The maximum Gasteiger partial charge on any atom is 0.253 e. The van der Waals surface area contributed by atoms with Crippen LogP contribution in [0.4, 0.5) is 0 Å². The molecule has 1 atom stereocenters. The molecule has 0 saturated heterocycles. The molecule has 0 radical (unpaired) electrons. The van der Waals surface area contributed by atoms with Gasteiger partial charge in [0.05, 0.1) is 10.6 Å². The number of benzene rings is 1. The molecule has 98 valence electrons. The molecule has 0 heterocycles. The number of nitrogens with one attached hydrogen (secondary N) is 2. The molecule has 1 aromatic carbocycles. The molecule has 0 aliphatic heterocycles. The van der Waals surface area contributed by atoms with Crippen LogP contribution in [0.15, 0.2) is 22.7 Å². The van der Waals surface area contributed by atoms with E-state index in [0.29, 0.717) is 21.6 Å². The smallest absolute Gasteiger partial charge is 0.253 e. The van der Waals surface area contributed by atoms with E-state index >= 15 is 0 Å². The van der Waals surface area contributed by atoms with Crippen molar-refractivity contribution in [3.8, 4) is 0 Å². The van der Waals surface area contributed by atoms with Crippen molar-refractivity contribution in [1.29, 1.82) is 0 Å². The van der Waals surface area contributed by atoms with Crippen molar-refractivity contribution in [3.05, 3.63) is 33.3 Å². The van der Waals surface area contributed by atoms with Crippen molar-refractivity contribution < 1.29 is 9.59 Å². The summed E-state index contributed by atoms with van der Waals surface area (Å²) < 4.78 is 0.641. The first-order chi connectivity index (χ1) is 8.47. The summed E-state index contributed by atoms with van der Waals surface area (Å²) in [6, 6.07) is 4.45. The number of carbonyl (C=O) groups is 2. The van der Waals surface area contributed by atoms with Crippen LogP contribution >= 0.6 is 27.5 Å². The average molecular weight is 334 g/mol. The van der Waals surface area contributed by atoms with E-state index in [1.807, 2.05) is 6.92 Å². The van der Waals surface area contributed by atoms with Crippen LogP contribution in [0.3, 0.4) is 0 Å². The second-order valence-corrected chi connectivity index (χ2v) is 4.92. The fourth-order valence-corrected chi connectivity index (χ4v) is 1.92. The Hall–Kier alpha value is -1.07. The van der Waals surface area contributed by atoms with E-state index in [4.69, 9.17) is 11.6 Å². The second kappa shape index (κ2) is 6.75. The third-order valence-corrected chi connectivity index (χ3v) is 3.58. The minimum absolute atomic E-state index is 0.225. The Morgan fingerprint density at radius 1 is 1.44 bits per heavy atom. The number of carbonyl (C=O) groups excluding carboxylic acids is 2. The first-order valence-corrected chi connectivity index (χ1v) is 6.67. The lowest BCUT2D eigenvalue weighted by Crippen LogP contribution is -2.44. The summed E-state index contributed by atoms with van der Waals surface area (Å²) in [6.07, 6.45) is 0. The summed E-state index contributed by atoms with van der Waals surface area (Å²) in [5.41, 5.74) is 0.335. The Kier molecular flexibility index (Phi) is 5.62. The second-order valence-electron chi connectivity index (χ2n) is 3.69. The fraction of sp³-hybridized carbons (Fsp3) is 0.333. The Bertz CT molecular complexity index is 465. The number of amides is 2. The van der Waals surface area contributed by atoms with Crippen molar-refractivity contribution in [2.24, 2.45) is 0 Å². The van der Waals surface area contributed by atoms with Gasteiger partial charge in [-0.1, -0.05) is 17.7 Å². The maximum absolute atomic E-state index is 11.9. The summed E-state index contributed by atoms with van der Waals surface area (Å²) in [7, 11) is 0. The van der Waals surface area contributed by atoms with E-state index < -0.39 is 6.04 Å². The van der Waals surface area contributed by atoms with Crippen LogP contribution < -0.4 is 10.6 Å². The summed E-state index contributed by atoms with van der Waals surface area (Å²) in [5.74, 6) is -0.600. The van der Waals surface area contributed by atoms with Crippen molar-refractivity contribution >= 4 is 39.3 Å². The van der Waals surface area contributed by atoms with Gasteiger partial charge in [-0.25, -0.2) is 0 Å². The van der Waals surface area contributed by atoms with Crippen molar-refractivity contribution in [2.75, 3.05) is 6.54 Å². The molecule has 1 aromatic rings. The van der Waals surface area contributed by atoms with E-state index in [1.54, 1.807) is 25.1 Å². The molecule has 0 aliphatic rings. The van der Waals surface area contributed by atoms with E-state index in [9.17, 15) is 9.59 Å². The number of halogens is 2. The lowest BCUT2D eigenvalue weighted by Gasteiger charge is -2.14. The molecule has 0 fully saturated rings. The van der Waals surface area contributed by atoms with Crippen molar-refractivity contribution in [3.63, 3.8) is 0 Å². The third kappa shape index (κ3) is 3.71. The van der Waals surface area contributed by atoms with E-state index in [2.05, 4.69) is 26.6 Å². The van der Waals surface area contributed by atoms with Crippen LogP contribution in [-0.4, -0.2) is 24.4 Å². The zero-order valence-electron chi connectivity index (χ0n) is 10.1. The highest BCUT2D eigenvalue weighted by Crippen LogP contribution is 2.25. The van der Waals surface area contributed by atoms with Gasteiger partial charge < -0.3 is 10.6 Å². The van der Waals surface area contributed by atoms with Gasteiger partial charge in [0.25, 0.3) is 5.91 Å². The summed E-state index contributed by atoms with van der Waals surface area (Å²) in [5, 5.41) is 5.56. The number of hydrogen-bond donors (Lipinski definition) is 2. The number of hydrogen-bond acceptors (Lipinski definition) is 2. The van der Waals surface area contributed by atoms with Crippen LogP contribution in [-0.2, 0) is 4.79 Å². The van der Waals surface area contributed by atoms with E-state index in [1.165, 1.54) is 0 Å². The summed E-state index contributed by atoms with van der Waals surface area (Å²) >= 11 is 9.25. The van der Waals surface area contributed by atoms with Crippen molar-refractivity contribution in [1.82, 2.24) is 10.6 Å². The monoisotopic (exact) mass is 332 g/mol. The van der Waals surface area contributed by atoms with Gasteiger partial charge in [0.1, 0.15) is 6.04 Å². The normalized spacial score (nSPS) is 11.8. The molecule has 0 spiro atoms. The molecule has 1 unspecified atom stereocenters. The highest BCUT2D eigenvalue weighted by Gasteiger charge is 2.18. The van der Waals surface area contributed by atoms with Crippen LogP contribution in [0.1, 0.15) is 24.2 Å². The first kappa shape index (κ1) is 15.0. The Morgan fingerprint density at radius 3 is 2.72 bits per heavy atom. The molecule has 0 aliphatic carbocycles. The fourth-order valence-electron chi connectivity index (χ4n) is 1.35. The number of rotatable bonds is 4. The Morgan fingerprint density at radius 2 is 2.11 bits per heavy atom. The predicted molar refractivity (Wildman–Crippen MR) is 74.8 cm³/mol. The van der Waals surface area contributed by atoms with Crippen LogP contribution in [0, 0.1) is 0 Å². The predicted octanol–water partition coefficient (Wildman–Crippen LogP) is 2.36. The highest BCUT2D eigenvalue weighted by atomic mass is 79.9. The first-order valence-electron chi connectivity index (χ1n) is 5.50. The van der Waals surface area contributed by atoms with Gasteiger partial charge in [0, 0.05) is 11.0 Å². The molecule has 6 heteroatoms. The minimum Gasteiger partial charge on any atom is -0.355 e. The van der Waals surface area contributed by atoms with Crippen LogP contribution in [0.2, 0.25) is 5.02 Å². The van der Waals surface area contributed by atoms with Crippen LogP contribution in [0.25, 0.3) is 0 Å². The molecule has 0 saturated carbocycles. The summed E-state index contributed by atoms with van der Waals surface area (Å²) in [4.78, 5) is 23.4. The highest BCUT2D eigenvalue weighted by molar-refractivity contribution is 9.10. The summed E-state index contributed by atoms with van der Waals surface area (Å²) in [6.45, 7) is 3.96. The van der Waals surface area contributed by atoms with Crippen LogP contribution in [0.5, 0.6) is 0 Å². The molecular formula is C12H14BrClN2O2. The van der Waals surface area contributed by atoms with Gasteiger partial charge in [0.2, 0.25) is 5.91 Å². The molecule has 2 amide bonds. The zero-order chi connectivity index (χ0) is 13.7. The van der Waals surface area contributed by atoms with Crippen molar-refractivity contribution in [2.45, 2.75) is 19.9 Å². The van der Waals surface area contributed by atoms with Gasteiger partial charge in [-0.15, -0.1) is 0 Å². The third-order valence-electron chi connectivity index (χ3n) is 2.29. The van der Waals surface area contributed by atoms with Gasteiger partial charge in [-0.05, 0) is 41.9 Å². The van der Waals surface area contributed by atoms with E-state index in [-0.39, 0.29) is 11.8 Å². The molecule has 18 heavy (non-hydrogen) atoms. The molecule has 2 N–H and O–H groups in total. The van der Waals surface area contributed by atoms with Gasteiger partial charge in [-0.3, -0.25) is 9.59 Å². The molecule has 0 bridgehead atoms. The standard InChI is InChI=1S/C12H14BrClN2O2/c1-3-15-11(17)7(2)16-12(18)8-5-4-6-9(13)10(8)14/h4-7H,3H2,1-2H3,(H,15,17)(H,16,18). The Balaban J connectivity index is 2.77. The molecule has 4 nitrogen and oxygen atoms in total. The molecular weight excluding hydrogens is 320 g/mol. The minimum atomic E-state index is -0.604. The van der Waals surface area contributed by atoms with Gasteiger partial charge >= 0.3 is 0 Å². The lowest BCUT2D eigenvalue weighted by molar-refractivity contribution is -0.122. The SMILES string of the molecule is CCNC(=O)C(C)NC(=O)c1cccc(Br)c1Cl. The largest absolute Gasteiger partial charge is 0.355 e. The van der Waals surface area contributed by atoms with Gasteiger partial charge in [0.15, 0.2) is 0 Å². The van der Waals surface area contributed by atoms with Gasteiger partial charge in [-0.2, -0.15) is 0 Å². The average Bonchev–Trinajstić information content (AvgIpc) is 2.32. The maximum atomic E-state index is 11.9. The van der Waals surface area contributed by atoms with E-state index in [0.717, 1.165) is 0 Å². The number of likely N-dealkylation sites (N-methyl/N-ethyl adjacent to an activating group) is 1. The lowest BCUT2D eigenvalue weighted by atomic mass is 10.2. The zero-order valence-corrected chi connectivity index (χ0v) is 12.4. The topological polar surface area (TPSA) is 58.2 Å². The molecule has 0 aromatic heterocycles. The molecule has 1 rings (SSSR count). The Labute approximate surface area is 119 Å². The quantitative estimate of drug-likeness (QED) is 0.888.